The van der Waals surface area contributed by atoms with Crippen LogP contribution in [0.5, 0.6) is 0 Å². The molecule has 0 saturated heterocycles. The van der Waals surface area contributed by atoms with E-state index in [9.17, 15) is 9.18 Å². The number of halogens is 1. The van der Waals surface area contributed by atoms with Crippen LogP contribution in [0.4, 0.5) is 10.1 Å². The van der Waals surface area contributed by atoms with Gasteiger partial charge in [-0.25, -0.2) is 4.39 Å². The van der Waals surface area contributed by atoms with E-state index in [1.54, 1.807) is 13.0 Å². The van der Waals surface area contributed by atoms with Crippen molar-refractivity contribution in [2.75, 3.05) is 5.32 Å². The standard InChI is InChI=1S/C23H23FN2O/c1-16-6-9-20(10-7-16)23(27)26-21-5-3-4-18(13-21)14-25-15-19-8-11-22(24)17(2)12-19/h3-13,25H,14-15H2,1-2H3,(H,26,27). The lowest BCUT2D eigenvalue weighted by Gasteiger charge is -2.09. The number of anilines is 1. The lowest BCUT2D eigenvalue weighted by Crippen LogP contribution is -2.14. The number of amides is 1. The average molecular weight is 362 g/mol. The minimum atomic E-state index is -0.184. The molecule has 0 bridgehead atoms. The van der Waals surface area contributed by atoms with Crippen LogP contribution < -0.4 is 10.6 Å². The third kappa shape index (κ3) is 5.25. The fourth-order valence-electron chi connectivity index (χ4n) is 2.84. The highest BCUT2D eigenvalue weighted by Crippen LogP contribution is 2.14. The van der Waals surface area contributed by atoms with Gasteiger partial charge in [-0.1, -0.05) is 42.0 Å². The van der Waals surface area contributed by atoms with E-state index in [4.69, 9.17) is 0 Å². The summed E-state index contributed by atoms with van der Waals surface area (Å²) < 4.78 is 13.3. The van der Waals surface area contributed by atoms with Crippen LogP contribution in [0.25, 0.3) is 0 Å². The van der Waals surface area contributed by atoms with E-state index in [-0.39, 0.29) is 11.7 Å². The number of nitrogens with one attached hydrogen (secondary N) is 2. The summed E-state index contributed by atoms with van der Waals surface area (Å²) in [5.41, 5.74) is 5.27. The Kier molecular flexibility index (Phi) is 5.99. The summed E-state index contributed by atoms with van der Waals surface area (Å²) in [5, 5.41) is 6.28. The first-order valence-corrected chi connectivity index (χ1v) is 8.94. The van der Waals surface area contributed by atoms with Crippen molar-refractivity contribution in [3.8, 4) is 0 Å². The van der Waals surface area contributed by atoms with Crippen LogP contribution in [0, 0.1) is 19.7 Å². The minimum Gasteiger partial charge on any atom is -0.322 e. The molecule has 3 aromatic rings. The third-order valence-corrected chi connectivity index (χ3v) is 4.38. The Bertz CT molecular complexity index is 935. The summed E-state index contributed by atoms with van der Waals surface area (Å²) >= 11 is 0. The van der Waals surface area contributed by atoms with Gasteiger partial charge in [0.2, 0.25) is 0 Å². The van der Waals surface area contributed by atoms with Crippen molar-refractivity contribution in [1.82, 2.24) is 5.32 Å². The monoisotopic (exact) mass is 362 g/mol. The minimum absolute atomic E-state index is 0.123. The van der Waals surface area contributed by atoms with E-state index in [0.717, 1.165) is 22.4 Å². The summed E-state index contributed by atoms with van der Waals surface area (Å²) in [4.78, 5) is 12.3. The number of hydrogen-bond donors (Lipinski definition) is 2. The van der Waals surface area contributed by atoms with Gasteiger partial charge in [-0.15, -0.1) is 0 Å². The molecule has 27 heavy (non-hydrogen) atoms. The molecule has 0 atom stereocenters. The van der Waals surface area contributed by atoms with Crippen molar-refractivity contribution < 1.29 is 9.18 Å². The maximum absolute atomic E-state index is 13.3. The maximum Gasteiger partial charge on any atom is 0.255 e. The van der Waals surface area contributed by atoms with E-state index < -0.39 is 0 Å². The SMILES string of the molecule is Cc1ccc(C(=O)Nc2cccc(CNCc3ccc(F)c(C)c3)c2)cc1. The van der Waals surface area contributed by atoms with Gasteiger partial charge in [0.05, 0.1) is 0 Å². The lowest BCUT2D eigenvalue weighted by molar-refractivity contribution is 0.102. The first-order valence-electron chi connectivity index (χ1n) is 8.94. The fourth-order valence-corrected chi connectivity index (χ4v) is 2.84. The zero-order valence-electron chi connectivity index (χ0n) is 15.6. The molecule has 0 aromatic heterocycles. The first kappa shape index (κ1) is 18.8. The lowest BCUT2D eigenvalue weighted by atomic mass is 10.1. The van der Waals surface area contributed by atoms with Crippen LogP contribution in [0.2, 0.25) is 0 Å². The maximum atomic E-state index is 13.3. The van der Waals surface area contributed by atoms with Crippen LogP contribution >= 0.6 is 0 Å². The van der Waals surface area contributed by atoms with Gasteiger partial charge in [-0.05, 0) is 60.9 Å². The zero-order chi connectivity index (χ0) is 19.2. The van der Waals surface area contributed by atoms with E-state index in [0.29, 0.717) is 24.2 Å². The Labute approximate surface area is 159 Å². The Hall–Kier alpha value is -2.98. The highest BCUT2D eigenvalue weighted by atomic mass is 19.1. The van der Waals surface area contributed by atoms with Crippen molar-refractivity contribution in [2.45, 2.75) is 26.9 Å². The largest absolute Gasteiger partial charge is 0.322 e. The summed E-state index contributed by atoms with van der Waals surface area (Å²) in [6.45, 7) is 5.07. The smallest absolute Gasteiger partial charge is 0.255 e. The van der Waals surface area contributed by atoms with E-state index >= 15 is 0 Å². The second-order valence-electron chi connectivity index (χ2n) is 6.71. The third-order valence-electron chi connectivity index (χ3n) is 4.38. The number of hydrogen-bond acceptors (Lipinski definition) is 2. The molecule has 0 fully saturated rings. The Morgan fingerprint density at radius 3 is 2.30 bits per heavy atom. The first-order chi connectivity index (χ1) is 13.0. The number of carbonyl (C=O) groups is 1. The topological polar surface area (TPSA) is 41.1 Å². The van der Waals surface area contributed by atoms with Gasteiger partial charge >= 0.3 is 0 Å². The van der Waals surface area contributed by atoms with E-state index in [1.165, 1.54) is 6.07 Å². The molecule has 138 valence electrons. The molecule has 0 aliphatic carbocycles. The Morgan fingerprint density at radius 1 is 0.889 bits per heavy atom. The number of rotatable bonds is 6. The summed E-state index contributed by atoms with van der Waals surface area (Å²) in [5.74, 6) is -0.308. The number of aryl methyl sites for hydroxylation is 2. The second kappa shape index (κ2) is 8.60. The molecule has 0 aliphatic heterocycles. The second-order valence-corrected chi connectivity index (χ2v) is 6.71. The summed E-state index contributed by atoms with van der Waals surface area (Å²) in [6, 6.07) is 20.4. The van der Waals surface area contributed by atoms with Gasteiger partial charge in [-0.3, -0.25) is 4.79 Å². The molecular weight excluding hydrogens is 339 g/mol. The number of carbonyl (C=O) groups excluding carboxylic acids is 1. The van der Waals surface area contributed by atoms with Crippen molar-refractivity contribution in [1.29, 1.82) is 0 Å². The molecule has 0 aliphatic rings. The normalized spacial score (nSPS) is 10.6. The van der Waals surface area contributed by atoms with Crippen LogP contribution in [-0.4, -0.2) is 5.91 Å². The molecule has 0 radical (unpaired) electrons. The van der Waals surface area contributed by atoms with Crippen LogP contribution in [0.3, 0.4) is 0 Å². The molecule has 3 aromatic carbocycles. The van der Waals surface area contributed by atoms with Gasteiger partial charge in [0.25, 0.3) is 5.91 Å². The molecule has 4 heteroatoms. The predicted molar refractivity (Wildman–Crippen MR) is 107 cm³/mol. The predicted octanol–water partition coefficient (Wildman–Crippen LogP) is 4.98. The highest BCUT2D eigenvalue weighted by Gasteiger charge is 2.06. The quantitative estimate of drug-likeness (QED) is 0.649. The molecule has 3 nitrogen and oxygen atoms in total. The molecule has 2 N–H and O–H groups in total. The van der Waals surface area contributed by atoms with Gasteiger partial charge in [0.1, 0.15) is 5.82 Å². The summed E-state index contributed by atoms with van der Waals surface area (Å²) in [7, 11) is 0. The van der Waals surface area contributed by atoms with E-state index in [2.05, 4.69) is 10.6 Å². The molecule has 0 spiro atoms. The fraction of sp³-hybridized carbons (Fsp3) is 0.174. The van der Waals surface area contributed by atoms with Crippen molar-refractivity contribution >= 4 is 11.6 Å². The van der Waals surface area contributed by atoms with Gasteiger partial charge < -0.3 is 10.6 Å². The van der Waals surface area contributed by atoms with Crippen LogP contribution in [-0.2, 0) is 13.1 Å². The zero-order valence-corrected chi connectivity index (χ0v) is 15.6. The van der Waals surface area contributed by atoms with Gasteiger partial charge in [-0.2, -0.15) is 0 Å². The molecular formula is C23H23FN2O. The molecule has 0 saturated carbocycles. The van der Waals surface area contributed by atoms with Crippen molar-refractivity contribution in [3.63, 3.8) is 0 Å². The summed E-state index contributed by atoms with van der Waals surface area (Å²) in [6.07, 6.45) is 0. The van der Waals surface area contributed by atoms with Crippen molar-refractivity contribution in [2.24, 2.45) is 0 Å². The van der Waals surface area contributed by atoms with E-state index in [1.807, 2.05) is 61.5 Å². The Morgan fingerprint density at radius 2 is 1.59 bits per heavy atom. The van der Waals surface area contributed by atoms with Crippen LogP contribution in [0.15, 0.2) is 66.7 Å². The number of benzene rings is 3. The highest BCUT2D eigenvalue weighted by molar-refractivity contribution is 6.04. The van der Waals surface area contributed by atoms with Crippen molar-refractivity contribution in [3.05, 3.63) is 100 Å². The molecule has 0 unspecified atom stereocenters. The Balaban J connectivity index is 1.57. The van der Waals surface area contributed by atoms with Gasteiger partial charge in [0.15, 0.2) is 0 Å². The molecule has 3 rings (SSSR count). The molecule has 1 amide bonds. The average Bonchev–Trinajstić information content (AvgIpc) is 2.65. The molecule has 0 heterocycles. The van der Waals surface area contributed by atoms with Crippen LogP contribution in [0.1, 0.15) is 32.6 Å². The van der Waals surface area contributed by atoms with Gasteiger partial charge in [0, 0.05) is 24.3 Å².